The van der Waals surface area contributed by atoms with Crippen molar-refractivity contribution in [1.82, 2.24) is 14.5 Å². The van der Waals surface area contributed by atoms with Crippen LogP contribution < -0.4 is 10.5 Å². The molecule has 0 bridgehead atoms. The van der Waals surface area contributed by atoms with E-state index in [1.165, 1.54) is 13.2 Å². The van der Waals surface area contributed by atoms with E-state index in [1.54, 1.807) is 10.6 Å². The first-order valence-corrected chi connectivity index (χ1v) is 6.41. The fraction of sp³-hybridized carbons (Fsp3) is 0.286. The molecule has 2 N–H and O–H groups in total. The van der Waals surface area contributed by atoms with Crippen LogP contribution in [0.1, 0.15) is 17.3 Å². The lowest BCUT2D eigenvalue weighted by Crippen LogP contribution is -2.05. The van der Waals surface area contributed by atoms with E-state index >= 15 is 0 Å². The van der Waals surface area contributed by atoms with Crippen LogP contribution in [-0.4, -0.2) is 21.6 Å². The number of ether oxygens (including phenoxy) is 1. The van der Waals surface area contributed by atoms with E-state index in [4.69, 9.17) is 14.9 Å². The molecule has 0 aliphatic carbocycles. The summed E-state index contributed by atoms with van der Waals surface area (Å²) >= 11 is 0. The summed E-state index contributed by atoms with van der Waals surface area (Å²) in [5.74, 6) is 1.22. The number of methoxy groups -OCH3 is 1. The third kappa shape index (κ3) is 2.20. The summed E-state index contributed by atoms with van der Waals surface area (Å²) in [7, 11) is 1.41. The van der Waals surface area contributed by atoms with Crippen LogP contribution in [0.25, 0.3) is 11.0 Å². The maximum absolute atomic E-state index is 13.7. The zero-order valence-corrected chi connectivity index (χ0v) is 12.0. The summed E-state index contributed by atoms with van der Waals surface area (Å²) in [5, 5.41) is 0. The van der Waals surface area contributed by atoms with E-state index in [2.05, 4.69) is 9.97 Å². The van der Waals surface area contributed by atoms with E-state index in [0.29, 0.717) is 23.5 Å². The van der Waals surface area contributed by atoms with Crippen molar-refractivity contribution < 1.29 is 13.5 Å². The van der Waals surface area contributed by atoms with Crippen LogP contribution in [0.15, 0.2) is 16.5 Å². The number of nitrogens with zero attached hydrogens (tertiary/aromatic N) is 3. The number of oxazole rings is 1. The molecule has 2 aromatic heterocycles. The Labute approximate surface area is 120 Å². The molecule has 6 nitrogen and oxygen atoms in total. The topological polar surface area (TPSA) is 79.1 Å². The molecule has 3 rings (SSSR count). The molecule has 3 aromatic rings. The minimum Gasteiger partial charge on any atom is -0.494 e. The molecule has 0 spiro atoms. The Kier molecular flexibility index (Phi) is 3.04. The van der Waals surface area contributed by atoms with Crippen LogP contribution >= 0.6 is 0 Å². The van der Waals surface area contributed by atoms with Gasteiger partial charge in [-0.05, 0) is 13.8 Å². The minimum absolute atomic E-state index is 0.142. The number of aromatic nitrogens is 3. The Hall–Kier alpha value is -2.57. The van der Waals surface area contributed by atoms with E-state index in [1.807, 2.05) is 13.8 Å². The van der Waals surface area contributed by atoms with Gasteiger partial charge in [0, 0.05) is 12.1 Å². The fourth-order valence-electron chi connectivity index (χ4n) is 2.21. The van der Waals surface area contributed by atoms with Gasteiger partial charge in [0.25, 0.3) is 0 Å². The number of nitrogens with two attached hydrogens (primary N) is 1. The summed E-state index contributed by atoms with van der Waals surface area (Å²) in [6.45, 7) is 4.04. The lowest BCUT2D eigenvalue weighted by molar-refractivity contribution is 0.387. The highest BCUT2D eigenvalue weighted by Gasteiger charge is 2.15. The summed E-state index contributed by atoms with van der Waals surface area (Å²) in [6, 6.07) is 2.86. The van der Waals surface area contributed by atoms with Gasteiger partial charge in [0.15, 0.2) is 11.6 Å². The Balaban J connectivity index is 2.10. The largest absolute Gasteiger partial charge is 0.494 e. The van der Waals surface area contributed by atoms with Crippen LogP contribution in [0.3, 0.4) is 0 Å². The first kappa shape index (κ1) is 13.4. The number of fused-ring (bicyclic) bond motifs is 1. The molecule has 7 heteroatoms. The Bertz CT molecular complexity index is 803. The number of nitrogen functional groups attached to an aromatic ring is 1. The van der Waals surface area contributed by atoms with Crippen LogP contribution in [-0.2, 0) is 6.54 Å². The van der Waals surface area contributed by atoms with E-state index in [0.717, 1.165) is 11.5 Å². The third-order valence-corrected chi connectivity index (χ3v) is 3.42. The van der Waals surface area contributed by atoms with Crippen molar-refractivity contribution in [3.63, 3.8) is 0 Å². The van der Waals surface area contributed by atoms with Gasteiger partial charge in [-0.3, -0.25) is 0 Å². The van der Waals surface area contributed by atoms with Crippen molar-refractivity contribution in [3.05, 3.63) is 35.3 Å². The Morgan fingerprint density at radius 1 is 1.33 bits per heavy atom. The summed E-state index contributed by atoms with van der Waals surface area (Å²) in [5.41, 5.74) is 7.87. The second-order valence-electron chi connectivity index (χ2n) is 4.78. The minimum atomic E-state index is -0.475. The van der Waals surface area contributed by atoms with E-state index in [-0.39, 0.29) is 11.7 Å². The number of rotatable bonds is 3. The highest BCUT2D eigenvalue weighted by atomic mass is 19.1. The SMILES string of the molecule is COc1cc2c(cc1F)nc(N)n2Cc1nc(C)c(C)o1. The molecule has 0 aliphatic heterocycles. The van der Waals surface area contributed by atoms with Gasteiger partial charge < -0.3 is 19.5 Å². The molecule has 21 heavy (non-hydrogen) atoms. The molecule has 1 aromatic carbocycles. The fourth-order valence-corrected chi connectivity index (χ4v) is 2.21. The average molecular weight is 290 g/mol. The second kappa shape index (κ2) is 4.76. The number of hydrogen-bond donors (Lipinski definition) is 1. The predicted octanol–water partition coefficient (Wildman–Crippen LogP) is 2.42. The highest BCUT2D eigenvalue weighted by molar-refractivity contribution is 5.80. The zero-order valence-electron chi connectivity index (χ0n) is 12.0. The van der Waals surface area contributed by atoms with Crippen LogP contribution in [0, 0.1) is 19.7 Å². The molecule has 0 saturated heterocycles. The smallest absolute Gasteiger partial charge is 0.214 e. The number of halogens is 1. The molecule has 110 valence electrons. The zero-order chi connectivity index (χ0) is 15.1. The molecule has 0 aliphatic rings. The molecule has 2 heterocycles. The van der Waals surface area contributed by atoms with Crippen LogP contribution in [0.5, 0.6) is 5.75 Å². The molecule has 0 unspecified atom stereocenters. The first-order valence-electron chi connectivity index (χ1n) is 6.41. The molecule has 0 amide bonds. The summed E-state index contributed by atoms with van der Waals surface area (Å²) in [6.07, 6.45) is 0. The van der Waals surface area contributed by atoms with Crippen molar-refractivity contribution in [2.75, 3.05) is 12.8 Å². The van der Waals surface area contributed by atoms with E-state index in [9.17, 15) is 4.39 Å². The lowest BCUT2D eigenvalue weighted by atomic mass is 10.3. The monoisotopic (exact) mass is 290 g/mol. The van der Waals surface area contributed by atoms with E-state index < -0.39 is 5.82 Å². The van der Waals surface area contributed by atoms with Crippen molar-refractivity contribution in [2.24, 2.45) is 0 Å². The number of imidazole rings is 1. The standard InChI is InChI=1S/C14H15FN4O2/c1-7-8(2)21-13(17-7)6-19-11-5-12(20-3)9(15)4-10(11)18-14(19)16/h4-5H,6H2,1-3H3,(H2,16,18). The maximum Gasteiger partial charge on any atom is 0.214 e. The van der Waals surface area contributed by atoms with Crippen LogP contribution in [0.4, 0.5) is 10.3 Å². The first-order chi connectivity index (χ1) is 9.99. The van der Waals surface area contributed by atoms with Crippen molar-refractivity contribution in [1.29, 1.82) is 0 Å². The maximum atomic E-state index is 13.7. The highest BCUT2D eigenvalue weighted by Crippen LogP contribution is 2.27. The number of anilines is 1. The van der Waals surface area contributed by atoms with Gasteiger partial charge in [0.1, 0.15) is 12.3 Å². The quantitative estimate of drug-likeness (QED) is 0.801. The van der Waals surface area contributed by atoms with Crippen molar-refractivity contribution in [3.8, 4) is 5.75 Å². The molecular weight excluding hydrogens is 275 g/mol. The molecular formula is C14H15FN4O2. The van der Waals surface area contributed by atoms with Crippen molar-refractivity contribution >= 4 is 17.0 Å². The van der Waals surface area contributed by atoms with Gasteiger partial charge in [0.05, 0.1) is 23.8 Å². The Morgan fingerprint density at radius 3 is 2.71 bits per heavy atom. The van der Waals surface area contributed by atoms with Crippen LogP contribution in [0.2, 0.25) is 0 Å². The van der Waals surface area contributed by atoms with Gasteiger partial charge >= 0.3 is 0 Å². The second-order valence-corrected chi connectivity index (χ2v) is 4.78. The summed E-state index contributed by atoms with van der Waals surface area (Å²) < 4.78 is 26.0. The van der Waals surface area contributed by atoms with Gasteiger partial charge in [0.2, 0.25) is 11.8 Å². The van der Waals surface area contributed by atoms with Gasteiger partial charge in [-0.2, -0.15) is 0 Å². The normalized spacial score (nSPS) is 11.2. The third-order valence-electron chi connectivity index (χ3n) is 3.42. The average Bonchev–Trinajstić information content (AvgIpc) is 2.90. The number of benzene rings is 1. The van der Waals surface area contributed by atoms with Crippen molar-refractivity contribution in [2.45, 2.75) is 20.4 Å². The van der Waals surface area contributed by atoms with Gasteiger partial charge in [-0.25, -0.2) is 14.4 Å². The predicted molar refractivity (Wildman–Crippen MR) is 75.7 cm³/mol. The molecule has 0 radical (unpaired) electrons. The number of aryl methyl sites for hydroxylation is 2. The Morgan fingerprint density at radius 2 is 2.10 bits per heavy atom. The molecule has 0 fully saturated rings. The summed E-state index contributed by atoms with van der Waals surface area (Å²) in [4.78, 5) is 8.47. The number of hydrogen-bond acceptors (Lipinski definition) is 5. The lowest BCUT2D eigenvalue weighted by Gasteiger charge is -2.05. The molecule has 0 saturated carbocycles. The van der Waals surface area contributed by atoms with Gasteiger partial charge in [-0.15, -0.1) is 0 Å². The molecule has 0 atom stereocenters. The van der Waals surface area contributed by atoms with Gasteiger partial charge in [-0.1, -0.05) is 0 Å².